The number of esters is 1. The van der Waals surface area contributed by atoms with Crippen LogP contribution in [-0.2, 0) is 9.53 Å². The number of halogens is 1. The molecule has 0 aromatic heterocycles. The minimum atomic E-state index is -0.201. The van der Waals surface area contributed by atoms with E-state index in [2.05, 4.69) is 15.9 Å². The third kappa shape index (κ3) is 5.09. The van der Waals surface area contributed by atoms with Crippen molar-refractivity contribution in [2.24, 2.45) is 0 Å². The highest BCUT2D eigenvalue weighted by Crippen LogP contribution is 2.07. The maximum absolute atomic E-state index is 11.4. The Balaban J connectivity index is 4.14. The molecule has 0 bridgehead atoms. The minimum absolute atomic E-state index is 0.00630. The van der Waals surface area contributed by atoms with Crippen molar-refractivity contribution < 1.29 is 9.53 Å². The lowest BCUT2D eigenvalue weighted by molar-refractivity contribution is -0.143. The van der Waals surface area contributed by atoms with Crippen LogP contribution in [0.5, 0.6) is 0 Å². The Morgan fingerprint density at radius 3 is 2.54 bits per heavy atom. The number of hydrogen-bond donors (Lipinski definition) is 0. The van der Waals surface area contributed by atoms with Gasteiger partial charge in [-0.3, -0.25) is 0 Å². The molecule has 1 atom stereocenters. The first-order valence-corrected chi connectivity index (χ1v) is 5.73. The van der Waals surface area contributed by atoms with Gasteiger partial charge >= 0.3 is 5.97 Å². The van der Waals surface area contributed by atoms with Crippen molar-refractivity contribution in [1.29, 1.82) is 0 Å². The zero-order chi connectivity index (χ0) is 10.3. The molecule has 3 heteroatoms. The van der Waals surface area contributed by atoms with Gasteiger partial charge in [0, 0.05) is 10.9 Å². The second kappa shape index (κ2) is 7.13. The normalized spacial score (nSPS) is 14.0. The van der Waals surface area contributed by atoms with Gasteiger partial charge in [0.2, 0.25) is 0 Å². The smallest absolute Gasteiger partial charge is 0.334 e. The van der Waals surface area contributed by atoms with Crippen LogP contribution in [0.25, 0.3) is 0 Å². The van der Waals surface area contributed by atoms with Gasteiger partial charge in [-0.1, -0.05) is 35.9 Å². The Morgan fingerprint density at radius 1 is 1.54 bits per heavy atom. The Bertz CT molecular complexity index is 187. The van der Waals surface area contributed by atoms with Crippen molar-refractivity contribution in [3.8, 4) is 0 Å². The van der Waals surface area contributed by atoms with Gasteiger partial charge < -0.3 is 4.74 Å². The van der Waals surface area contributed by atoms with Gasteiger partial charge in [-0.25, -0.2) is 4.79 Å². The van der Waals surface area contributed by atoms with Crippen molar-refractivity contribution in [3.63, 3.8) is 0 Å². The Labute approximate surface area is 88.5 Å². The van der Waals surface area contributed by atoms with Gasteiger partial charge in [0.05, 0.1) is 6.10 Å². The molecule has 76 valence electrons. The molecule has 0 aliphatic carbocycles. The van der Waals surface area contributed by atoms with E-state index in [-0.39, 0.29) is 12.1 Å². The van der Waals surface area contributed by atoms with Gasteiger partial charge in [0.1, 0.15) is 0 Å². The number of hydrogen-bond acceptors (Lipinski definition) is 2. The van der Waals surface area contributed by atoms with Crippen molar-refractivity contribution in [1.82, 2.24) is 0 Å². The van der Waals surface area contributed by atoms with Crippen molar-refractivity contribution in [2.45, 2.75) is 39.7 Å². The van der Waals surface area contributed by atoms with E-state index in [0.29, 0.717) is 10.9 Å². The maximum Gasteiger partial charge on any atom is 0.334 e. The summed E-state index contributed by atoms with van der Waals surface area (Å²) in [5.41, 5.74) is 0.711. The summed E-state index contributed by atoms with van der Waals surface area (Å²) >= 11 is 3.26. The van der Waals surface area contributed by atoms with Gasteiger partial charge in [0.25, 0.3) is 0 Å². The highest BCUT2D eigenvalue weighted by Gasteiger charge is 2.11. The summed E-state index contributed by atoms with van der Waals surface area (Å²) in [4.78, 5) is 11.4. The summed E-state index contributed by atoms with van der Waals surface area (Å²) < 4.78 is 5.17. The molecule has 0 radical (unpaired) electrons. The van der Waals surface area contributed by atoms with Gasteiger partial charge in [-0.15, -0.1) is 0 Å². The number of ether oxygens (including phenoxy) is 1. The average Bonchev–Trinajstić information content (AvgIpc) is 2.13. The Morgan fingerprint density at radius 2 is 2.15 bits per heavy atom. The SMILES string of the molecule is CCC=C(CBr)C(=O)OC(C)CC. The molecule has 13 heavy (non-hydrogen) atoms. The average molecular weight is 249 g/mol. The molecular weight excluding hydrogens is 232 g/mol. The van der Waals surface area contributed by atoms with Crippen LogP contribution in [0.15, 0.2) is 11.6 Å². The fraction of sp³-hybridized carbons (Fsp3) is 0.700. The molecule has 0 aromatic rings. The van der Waals surface area contributed by atoms with E-state index >= 15 is 0 Å². The van der Waals surface area contributed by atoms with E-state index in [1.54, 1.807) is 0 Å². The summed E-state index contributed by atoms with van der Waals surface area (Å²) in [5.74, 6) is -0.201. The second-order valence-electron chi connectivity index (χ2n) is 2.90. The van der Waals surface area contributed by atoms with Crippen molar-refractivity contribution >= 4 is 21.9 Å². The molecule has 2 nitrogen and oxygen atoms in total. The molecule has 0 aliphatic rings. The lowest BCUT2D eigenvalue weighted by Gasteiger charge is -2.11. The number of allylic oxidation sites excluding steroid dienone is 1. The summed E-state index contributed by atoms with van der Waals surface area (Å²) in [5, 5.41) is 0.566. The van der Waals surface area contributed by atoms with Crippen LogP contribution in [0.3, 0.4) is 0 Å². The molecule has 0 fully saturated rings. The lowest BCUT2D eigenvalue weighted by Crippen LogP contribution is -2.16. The first kappa shape index (κ1) is 12.7. The van der Waals surface area contributed by atoms with E-state index in [1.807, 2.05) is 26.8 Å². The summed E-state index contributed by atoms with van der Waals surface area (Å²) in [7, 11) is 0. The van der Waals surface area contributed by atoms with E-state index in [4.69, 9.17) is 4.74 Å². The van der Waals surface area contributed by atoms with E-state index in [9.17, 15) is 4.79 Å². The molecule has 0 saturated heterocycles. The third-order valence-electron chi connectivity index (χ3n) is 1.74. The zero-order valence-electron chi connectivity index (χ0n) is 8.47. The maximum atomic E-state index is 11.4. The molecule has 0 heterocycles. The largest absolute Gasteiger partial charge is 0.459 e. The topological polar surface area (TPSA) is 26.3 Å². The van der Waals surface area contributed by atoms with E-state index < -0.39 is 0 Å². The molecule has 0 saturated carbocycles. The highest BCUT2D eigenvalue weighted by molar-refractivity contribution is 9.09. The first-order valence-electron chi connectivity index (χ1n) is 4.61. The van der Waals surface area contributed by atoms with E-state index in [1.165, 1.54) is 0 Å². The molecule has 0 N–H and O–H groups in total. The number of alkyl halides is 1. The van der Waals surface area contributed by atoms with Crippen molar-refractivity contribution in [3.05, 3.63) is 11.6 Å². The molecule has 0 aliphatic heterocycles. The number of carbonyl (C=O) groups excluding carboxylic acids is 1. The molecule has 0 amide bonds. The van der Waals surface area contributed by atoms with Crippen LogP contribution in [0.2, 0.25) is 0 Å². The van der Waals surface area contributed by atoms with Crippen LogP contribution in [0, 0.1) is 0 Å². The molecular formula is C10H17BrO2. The fourth-order valence-electron chi connectivity index (χ4n) is 0.781. The van der Waals surface area contributed by atoms with Crippen LogP contribution in [-0.4, -0.2) is 17.4 Å². The fourth-order valence-corrected chi connectivity index (χ4v) is 1.24. The molecule has 1 unspecified atom stereocenters. The molecule has 0 aromatic carbocycles. The lowest BCUT2D eigenvalue weighted by atomic mass is 10.2. The monoisotopic (exact) mass is 248 g/mol. The van der Waals surface area contributed by atoms with Crippen LogP contribution in [0.1, 0.15) is 33.6 Å². The summed E-state index contributed by atoms with van der Waals surface area (Å²) in [6, 6.07) is 0. The predicted molar refractivity (Wildman–Crippen MR) is 58.0 cm³/mol. The quantitative estimate of drug-likeness (QED) is 0.425. The van der Waals surface area contributed by atoms with Crippen LogP contribution < -0.4 is 0 Å². The van der Waals surface area contributed by atoms with E-state index in [0.717, 1.165) is 12.8 Å². The van der Waals surface area contributed by atoms with Crippen LogP contribution in [0.4, 0.5) is 0 Å². The van der Waals surface area contributed by atoms with Gasteiger partial charge in [-0.05, 0) is 19.8 Å². The van der Waals surface area contributed by atoms with Crippen molar-refractivity contribution in [2.75, 3.05) is 5.33 Å². The third-order valence-corrected chi connectivity index (χ3v) is 2.34. The summed E-state index contributed by atoms with van der Waals surface area (Å²) in [6.07, 6.45) is 3.61. The highest BCUT2D eigenvalue weighted by atomic mass is 79.9. The minimum Gasteiger partial charge on any atom is -0.459 e. The molecule has 0 rings (SSSR count). The standard InChI is InChI=1S/C10H17BrO2/c1-4-6-9(7-11)10(12)13-8(3)5-2/h6,8H,4-5,7H2,1-3H3. The number of rotatable bonds is 5. The second-order valence-corrected chi connectivity index (χ2v) is 3.46. The first-order chi connectivity index (χ1) is 6.15. The van der Waals surface area contributed by atoms with Crippen LogP contribution >= 0.6 is 15.9 Å². The Hall–Kier alpha value is -0.310. The summed E-state index contributed by atoms with van der Waals surface area (Å²) in [6.45, 7) is 5.89. The predicted octanol–water partition coefficient (Wildman–Crippen LogP) is 3.06. The molecule has 0 spiro atoms. The number of carbonyl (C=O) groups is 1. The van der Waals surface area contributed by atoms with Gasteiger partial charge in [-0.2, -0.15) is 0 Å². The zero-order valence-corrected chi connectivity index (χ0v) is 10.1. The van der Waals surface area contributed by atoms with Gasteiger partial charge in [0.15, 0.2) is 0 Å². The Kier molecular flexibility index (Phi) is 6.96.